The summed E-state index contributed by atoms with van der Waals surface area (Å²) in [7, 11) is 1.78. The summed E-state index contributed by atoms with van der Waals surface area (Å²) in [4.78, 5) is 6.77. The lowest BCUT2D eigenvalue weighted by molar-refractivity contribution is 0.127. The molecule has 0 saturated carbocycles. The van der Waals surface area contributed by atoms with Gasteiger partial charge in [-0.25, -0.2) is 0 Å². The van der Waals surface area contributed by atoms with Crippen molar-refractivity contribution in [2.45, 2.75) is 32.7 Å². The zero-order valence-corrected chi connectivity index (χ0v) is 20.9. The molecule has 1 heterocycles. The summed E-state index contributed by atoms with van der Waals surface area (Å²) in [6.07, 6.45) is 1.69. The summed E-state index contributed by atoms with van der Waals surface area (Å²) in [6, 6.07) is 8.19. The highest BCUT2D eigenvalue weighted by molar-refractivity contribution is 14.0. The zero-order chi connectivity index (χ0) is 20.4. The number of guanidine groups is 1. The van der Waals surface area contributed by atoms with Crippen LogP contribution in [0.4, 0.5) is 0 Å². The molecule has 2 unspecified atom stereocenters. The van der Waals surface area contributed by atoms with E-state index in [0.29, 0.717) is 13.2 Å². The molecule has 0 spiro atoms. The van der Waals surface area contributed by atoms with E-state index in [0.717, 1.165) is 55.6 Å². The van der Waals surface area contributed by atoms with E-state index in [1.165, 1.54) is 0 Å². The summed E-state index contributed by atoms with van der Waals surface area (Å²) in [5.41, 5.74) is 1.10. The first kappa shape index (κ1) is 26.4. The number of nitrogens with one attached hydrogen (secondary N) is 2. The molecule has 2 atom stereocenters. The van der Waals surface area contributed by atoms with Crippen molar-refractivity contribution in [1.29, 1.82) is 0 Å². The summed E-state index contributed by atoms with van der Waals surface area (Å²) >= 11 is 6.49. The second-order valence-electron chi connectivity index (χ2n) is 7.34. The number of likely N-dealkylation sites (N-methyl/N-ethyl adjacent to an activating group) is 1. The maximum absolute atomic E-state index is 9.41. The normalized spacial score (nSPS) is 20.4. The molecule has 1 saturated heterocycles. The van der Waals surface area contributed by atoms with E-state index in [4.69, 9.17) is 16.3 Å². The van der Waals surface area contributed by atoms with Crippen LogP contribution >= 0.6 is 35.6 Å². The standard InChI is InChI=1S/C21H35ClN4O2.HI/c1-4-26(5-2)19(17-8-6-7-9-18(17)22)14-24-20(23-3)25-15-21(10-12-27)11-13-28-16-21;/h6-9,19,27H,4-5,10-16H2,1-3H3,(H2,23,24,25);1H. The number of aliphatic hydroxyl groups is 1. The Morgan fingerprint density at radius 3 is 2.59 bits per heavy atom. The van der Waals surface area contributed by atoms with Crippen LogP contribution in [0.15, 0.2) is 29.3 Å². The third-order valence-electron chi connectivity index (χ3n) is 5.66. The van der Waals surface area contributed by atoms with Gasteiger partial charge in [0.1, 0.15) is 0 Å². The van der Waals surface area contributed by atoms with Crippen LogP contribution in [0, 0.1) is 5.41 Å². The number of hydrogen-bond acceptors (Lipinski definition) is 4. The summed E-state index contributed by atoms with van der Waals surface area (Å²) in [5, 5.41) is 17.1. The number of nitrogens with zero attached hydrogens (tertiary/aromatic N) is 2. The van der Waals surface area contributed by atoms with Crippen molar-refractivity contribution >= 4 is 41.5 Å². The van der Waals surface area contributed by atoms with Crippen molar-refractivity contribution in [3.8, 4) is 0 Å². The average Bonchev–Trinajstić information content (AvgIpc) is 3.17. The van der Waals surface area contributed by atoms with Crippen molar-refractivity contribution in [3.63, 3.8) is 0 Å². The molecule has 1 fully saturated rings. The molecule has 0 bridgehead atoms. The largest absolute Gasteiger partial charge is 0.396 e. The van der Waals surface area contributed by atoms with Gasteiger partial charge in [0.2, 0.25) is 0 Å². The van der Waals surface area contributed by atoms with E-state index in [-0.39, 0.29) is 42.0 Å². The predicted molar refractivity (Wildman–Crippen MR) is 131 cm³/mol. The predicted octanol–water partition coefficient (Wildman–Crippen LogP) is 3.30. The highest BCUT2D eigenvalue weighted by atomic mass is 127. The number of halogens is 2. The van der Waals surface area contributed by atoms with Crippen molar-refractivity contribution < 1.29 is 9.84 Å². The molecular weight excluding hydrogens is 503 g/mol. The van der Waals surface area contributed by atoms with E-state index in [2.05, 4.69) is 40.4 Å². The minimum absolute atomic E-state index is 0. The van der Waals surface area contributed by atoms with Gasteiger partial charge in [-0.2, -0.15) is 0 Å². The van der Waals surface area contributed by atoms with Gasteiger partial charge in [0.25, 0.3) is 0 Å². The molecule has 1 aliphatic rings. The van der Waals surface area contributed by atoms with Crippen LogP contribution in [0.25, 0.3) is 0 Å². The van der Waals surface area contributed by atoms with Gasteiger partial charge in [0.15, 0.2) is 5.96 Å². The molecule has 1 aromatic carbocycles. The first-order chi connectivity index (χ1) is 13.6. The minimum atomic E-state index is -0.0205. The first-order valence-corrected chi connectivity index (χ1v) is 10.6. The Morgan fingerprint density at radius 1 is 1.31 bits per heavy atom. The summed E-state index contributed by atoms with van der Waals surface area (Å²) in [6.45, 7) is 9.26. The van der Waals surface area contributed by atoms with Gasteiger partial charge >= 0.3 is 0 Å². The Balaban J connectivity index is 0.00000420. The SMILES string of the molecule is CCN(CC)C(CNC(=NC)NCC1(CCO)CCOC1)c1ccccc1Cl.I. The first-order valence-electron chi connectivity index (χ1n) is 10.2. The lowest BCUT2D eigenvalue weighted by atomic mass is 9.84. The van der Waals surface area contributed by atoms with Crippen molar-refractivity contribution in [3.05, 3.63) is 34.9 Å². The Hall–Kier alpha value is -0.610. The van der Waals surface area contributed by atoms with Crippen LogP contribution in [0.2, 0.25) is 5.02 Å². The summed E-state index contributed by atoms with van der Waals surface area (Å²) in [5.74, 6) is 0.758. The fraction of sp³-hybridized carbons (Fsp3) is 0.667. The third kappa shape index (κ3) is 7.54. The maximum atomic E-state index is 9.41. The minimum Gasteiger partial charge on any atom is -0.396 e. The van der Waals surface area contributed by atoms with E-state index >= 15 is 0 Å². The Bertz CT molecular complexity index is 622. The van der Waals surface area contributed by atoms with Crippen LogP contribution < -0.4 is 10.6 Å². The van der Waals surface area contributed by atoms with Gasteiger partial charge in [-0.3, -0.25) is 9.89 Å². The van der Waals surface area contributed by atoms with Crippen molar-refractivity contribution in [2.24, 2.45) is 10.4 Å². The smallest absolute Gasteiger partial charge is 0.191 e. The fourth-order valence-electron chi connectivity index (χ4n) is 3.84. The molecular formula is C21H36ClIN4O2. The molecule has 0 aliphatic carbocycles. The Morgan fingerprint density at radius 2 is 2.03 bits per heavy atom. The van der Waals surface area contributed by atoms with E-state index in [1.54, 1.807) is 7.05 Å². The highest BCUT2D eigenvalue weighted by Gasteiger charge is 2.34. The lowest BCUT2D eigenvalue weighted by Crippen LogP contribution is -2.47. The molecule has 2 rings (SSSR count). The monoisotopic (exact) mass is 538 g/mol. The molecule has 3 N–H and O–H groups in total. The topological polar surface area (TPSA) is 69.1 Å². The molecule has 1 aromatic rings. The maximum Gasteiger partial charge on any atom is 0.191 e. The Kier molecular flexibility index (Phi) is 12.4. The van der Waals surface area contributed by atoms with E-state index < -0.39 is 0 Å². The van der Waals surface area contributed by atoms with Crippen molar-refractivity contribution in [1.82, 2.24) is 15.5 Å². The van der Waals surface area contributed by atoms with Gasteiger partial charge in [-0.15, -0.1) is 24.0 Å². The van der Waals surface area contributed by atoms with E-state index in [9.17, 15) is 5.11 Å². The second-order valence-corrected chi connectivity index (χ2v) is 7.75. The number of benzene rings is 1. The molecule has 8 heteroatoms. The van der Waals surface area contributed by atoms with Crippen LogP contribution in [0.5, 0.6) is 0 Å². The quantitative estimate of drug-likeness (QED) is 0.242. The van der Waals surface area contributed by atoms with E-state index in [1.807, 2.05) is 18.2 Å². The molecule has 1 aliphatic heterocycles. The van der Waals surface area contributed by atoms with Crippen LogP contribution in [-0.4, -0.2) is 69.0 Å². The number of ether oxygens (including phenoxy) is 1. The fourth-order valence-corrected chi connectivity index (χ4v) is 4.10. The third-order valence-corrected chi connectivity index (χ3v) is 6.01. The number of hydrogen-bond donors (Lipinski definition) is 3. The second kappa shape index (κ2) is 13.6. The Labute approximate surface area is 197 Å². The lowest BCUT2D eigenvalue weighted by Gasteiger charge is -2.32. The number of aliphatic imine (C=N–C) groups is 1. The van der Waals surface area contributed by atoms with Crippen LogP contribution in [0.3, 0.4) is 0 Å². The zero-order valence-electron chi connectivity index (χ0n) is 17.8. The van der Waals surface area contributed by atoms with Crippen LogP contribution in [0.1, 0.15) is 38.3 Å². The van der Waals surface area contributed by atoms with Crippen LogP contribution in [-0.2, 0) is 4.74 Å². The molecule has 29 heavy (non-hydrogen) atoms. The molecule has 6 nitrogen and oxygen atoms in total. The van der Waals surface area contributed by atoms with Gasteiger partial charge in [-0.1, -0.05) is 43.6 Å². The highest BCUT2D eigenvalue weighted by Crippen LogP contribution is 2.31. The van der Waals surface area contributed by atoms with Gasteiger partial charge in [0.05, 0.1) is 12.6 Å². The van der Waals surface area contributed by atoms with Gasteiger partial charge in [0, 0.05) is 43.8 Å². The molecule has 0 aromatic heterocycles. The summed E-state index contributed by atoms with van der Waals surface area (Å²) < 4.78 is 5.58. The molecule has 0 amide bonds. The van der Waals surface area contributed by atoms with Crippen molar-refractivity contribution in [2.75, 3.05) is 53.0 Å². The van der Waals surface area contributed by atoms with Gasteiger partial charge < -0.3 is 20.5 Å². The number of rotatable bonds is 10. The van der Waals surface area contributed by atoms with Gasteiger partial charge in [-0.05, 0) is 37.6 Å². The number of aliphatic hydroxyl groups excluding tert-OH is 1. The average molecular weight is 539 g/mol. The molecule has 166 valence electrons. The molecule has 0 radical (unpaired) electrons.